The van der Waals surface area contributed by atoms with E-state index in [1.165, 1.54) is 7.05 Å². The SMILES string of the molecule is CN=C(N)N(O)CCC[C@H](N)C(=O)O. The average molecular weight is 204 g/mol. The summed E-state index contributed by atoms with van der Waals surface area (Å²) in [6.45, 7) is 0.212. The molecule has 0 unspecified atom stereocenters. The summed E-state index contributed by atoms with van der Waals surface area (Å²) in [4.78, 5) is 13.9. The van der Waals surface area contributed by atoms with Crippen LogP contribution in [0.4, 0.5) is 0 Å². The second-order valence-corrected chi connectivity index (χ2v) is 2.79. The number of guanidine groups is 1. The molecule has 6 N–H and O–H groups in total. The van der Waals surface area contributed by atoms with Crippen LogP contribution in [0.2, 0.25) is 0 Å². The molecular weight excluding hydrogens is 188 g/mol. The Kier molecular flexibility index (Phi) is 5.58. The summed E-state index contributed by atoms with van der Waals surface area (Å²) < 4.78 is 0. The molecular formula is C7H16N4O3. The van der Waals surface area contributed by atoms with Gasteiger partial charge in [-0.25, -0.2) is 5.06 Å². The molecule has 0 aromatic carbocycles. The fourth-order valence-corrected chi connectivity index (χ4v) is 0.814. The predicted octanol–water partition coefficient (Wildman–Crippen LogP) is -1.19. The van der Waals surface area contributed by atoms with E-state index in [0.717, 1.165) is 5.06 Å². The monoisotopic (exact) mass is 204 g/mol. The van der Waals surface area contributed by atoms with Gasteiger partial charge in [0.15, 0.2) is 0 Å². The van der Waals surface area contributed by atoms with Gasteiger partial charge in [-0.1, -0.05) is 0 Å². The Labute approximate surface area is 82.0 Å². The number of nitrogens with two attached hydrogens (primary N) is 2. The minimum atomic E-state index is -1.05. The van der Waals surface area contributed by atoms with Crippen molar-refractivity contribution in [1.29, 1.82) is 0 Å². The Morgan fingerprint density at radius 1 is 1.64 bits per heavy atom. The van der Waals surface area contributed by atoms with Crippen LogP contribution in [0.3, 0.4) is 0 Å². The van der Waals surface area contributed by atoms with Crippen molar-refractivity contribution in [3.8, 4) is 0 Å². The number of rotatable bonds is 5. The lowest BCUT2D eigenvalue weighted by atomic mass is 10.2. The molecule has 7 heteroatoms. The van der Waals surface area contributed by atoms with Crippen molar-refractivity contribution in [3.63, 3.8) is 0 Å². The lowest BCUT2D eigenvalue weighted by Crippen LogP contribution is -2.36. The molecule has 0 bridgehead atoms. The molecule has 0 heterocycles. The van der Waals surface area contributed by atoms with Crippen molar-refractivity contribution < 1.29 is 15.1 Å². The quantitative estimate of drug-likeness (QED) is 0.253. The van der Waals surface area contributed by atoms with Gasteiger partial charge in [-0.05, 0) is 12.8 Å². The molecule has 0 saturated heterocycles. The van der Waals surface area contributed by atoms with E-state index in [-0.39, 0.29) is 18.9 Å². The molecule has 14 heavy (non-hydrogen) atoms. The predicted molar refractivity (Wildman–Crippen MR) is 50.9 cm³/mol. The maximum absolute atomic E-state index is 10.3. The number of aliphatic carboxylic acids is 1. The molecule has 1 atom stereocenters. The third-order valence-electron chi connectivity index (χ3n) is 1.70. The van der Waals surface area contributed by atoms with Crippen molar-refractivity contribution in [2.75, 3.05) is 13.6 Å². The summed E-state index contributed by atoms with van der Waals surface area (Å²) in [5, 5.41) is 18.4. The summed E-state index contributed by atoms with van der Waals surface area (Å²) in [6, 6.07) is -0.900. The standard InChI is InChI=1S/C7H16N4O3/c1-10-7(9)11(14)4-2-3-5(8)6(12)13/h5,14H,2-4,8H2,1H3,(H2,9,10)(H,12,13)/t5-/m0/s1. The number of carbonyl (C=O) groups is 1. The summed E-state index contributed by atoms with van der Waals surface area (Å²) in [7, 11) is 1.45. The van der Waals surface area contributed by atoms with Crippen LogP contribution in [0.15, 0.2) is 4.99 Å². The Bertz CT molecular complexity index is 219. The van der Waals surface area contributed by atoms with E-state index in [1.54, 1.807) is 0 Å². The fraction of sp³-hybridized carbons (Fsp3) is 0.714. The first-order valence-electron chi connectivity index (χ1n) is 4.16. The molecule has 0 aliphatic heterocycles. The smallest absolute Gasteiger partial charge is 0.320 e. The third-order valence-corrected chi connectivity index (χ3v) is 1.70. The molecule has 7 nitrogen and oxygen atoms in total. The second-order valence-electron chi connectivity index (χ2n) is 2.79. The zero-order chi connectivity index (χ0) is 11.1. The van der Waals surface area contributed by atoms with Crippen molar-refractivity contribution >= 4 is 11.9 Å². The highest BCUT2D eigenvalue weighted by Gasteiger charge is 2.11. The van der Waals surface area contributed by atoms with Crippen LogP contribution in [0.25, 0.3) is 0 Å². The van der Waals surface area contributed by atoms with E-state index in [9.17, 15) is 4.79 Å². The lowest BCUT2D eigenvalue weighted by Gasteiger charge is -2.15. The maximum Gasteiger partial charge on any atom is 0.320 e. The van der Waals surface area contributed by atoms with Crippen molar-refractivity contribution in [3.05, 3.63) is 0 Å². The molecule has 0 amide bonds. The first-order chi connectivity index (χ1) is 6.49. The van der Waals surface area contributed by atoms with Gasteiger partial charge in [0.1, 0.15) is 6.04 Å². The van der Waals surface area contributed by atoms with Crippen LogP contribution in [0, 0.1) is 0 Å². The van der Waals surface area contributed by atoms with Crippen LogP contribution < -0.4 is 11.5 Å². The van der Waals surface area contributed by atoms with Crippen molar-refractivity contribution in [1.82, 2.24) is 5.06 Å². The molecule has 0 aromatic rings. The molecule has 0 rings (SSSR count). The number of hydroxylamine groups is 2. The van der Waals surface area contributed by atoms with E-state index in [4.69, 9.17) is 21.8 Å². The van der Waals surface area contributed by atoms with Gasteiger partial charge in [-0.15, -0.1) is 0 Å². The molecule has 0 aliphatic rings. The average Bonchev–Trinajstić information content (AvgIpc) is 2.15. The number of nitrogens with zero attached hydrogens (tertiary/aromatic N) is 2. The zero-order valence-electron chi connectivity index (χ0n) is 8.05. The summed E-state index contributed by atoms with van der Waals surface area (Å²) in [5.74, 6) is -1.06. The minimum Gasteiger partial charge on any atom is -0.480 e. The first-order valence-corrected chi connectivity index (χ1v) is 4.16. The van der Waals surface area contributed by atoms with E-state index >= 15 is 0 Å². The fourth-order valence-electron chi connectivity index (χ4n) is 0.814. The third kappa shape index (κ3) is 4.63. The van der Waals surface area contributed by atoms with E-state index < -0.39 is 12.0 Å². The molecule has 0 spiro atoms. The number of hydrogen-bond donors (Lipinski definition) is 4. The summed E-state index contributed by atoms with van der Waals surface area (Å²) in [6.07, 6.45) is 0.712. The topological polar surface area (TPSA) is 125 Å². The first kappa shape index (κ1) is 12.7. The van der Waals surface area contributed by atoms with Crippen LogP contribution in [-0.2, 0) is 4.79 Å². The molecule has 0 aromatic heterocycles. The molecule has 0 fully saturated rings. The van der Waals surface area contributed by atoms with Crippen LogP contribution in [0.5, 0.6) is 0 Å². The second kappa shape index (κ2) is 6.17. The Morgan fingerprint density at radius 3 is 2.64 bits per heavy atom. The van der Waals surface area contributed by atoms with Crippen molar-refractivity contribution in [2.24, 2.45) is 16.5 Å². The molecule has 82 valence electrons. The van der Waals surface area contributed by atoms with Gasteiger partial charge in [-0.3, -0.25) is 15.0 Å². The van der Waals surface area contributed by atoms with Gasteiger partial charge in [0.05, 0.1) is 0 Å². The van der Waals surface area contributed by atoms with E-state index in [1.807, 2.05) is 0 Å². The van der Waals surface area contributed by atoms with Gasteiger partial charge in [-0.2, -0.15) is 0 Å². The van der Waals surface area contributed by atoms with Crippen LogP contribution in [0.1, 0.15) is 12.8 Å². The number of aliphatic imine (C=N–C) groups is 1. The van der Waals surface area contributed by atoms with Gasteiger partial charge < -0.3 is 16.6 Å². The lowest BCUT2D eigenvalue weighted by molar-refractivity contribution is -0.138. The molecule has 0 saturated carbocycles. The Morgan fingerprint density at radius 2 is 2.21 bits per heavy atom. The molecule has 0 radical (unpaired) electrons. The summed E-state index contributed by atoms with van der Waals surface area (Å²) >= 11 is 0. The Hall–Kier alpha value is -1.34. The van der Waals surface area contributed by atoms with Crippen LogP contribution in [-0.4, -0.2) is 46.9 Å². The normalized spacial score (nSPS) is 13.8. The number of carboxylic acids is 1. The largest absolute Gasteiger partial charge is 0.480 e. The van der Waals surface area contributed by atoms with Crippen molar-refractivity contribution in [2.45, 2.75) is 18.9 Å². The van der Waals surface area contributed by atoms with Gasteiger partial charge in [0.2, 0.25) is 5.96 Å². The van der Waals surface area contributed by atoms with E-state index in [2.05, 4.69) is 4.99 Å². The van der Waals surface area contributed by atoms with Gasteiger partial charge >= 0.3 is 5.97 Å². The zero-order valence-corrected chi connectivity index (χ0v) is 8.05. The summed E-state index contributed by atoms with van der Waals surface area (Å²) in [5.41, 5.74) is 10.5. The van der Waals surface area contributed by atoms with Gasteiger partial charge in [0, 0.05) is 13.6 Å². The highest BCUT2D eigenvalue weighted by Crippen LogP contribution is 1.96. The highest BCUT2D eigenvalue weighted by molar-refractivity contribution is 5.76. The highest BCUT2D eigenvalue weighted by atomic mass is 16.5. The number of carboxylic acid groups (broad SMARTS) is 1. The Balaban J connectivity index is 3.69. The van der Waals surface area contributed by atoms with Gasteiger partial charge in [0.25, 0.3) is 0 Å². The number of hydrogen-bond acceptors (Lipinski definition) is 4. The molecule has 0 aliphatic carbocycles. The van der Waals surface area contributed by atoms with Crippen LogP contribution >= 0.6 is 0 Å². The maximum atomic E-state index is 10.3. The minimum absolute atomic E-state index is 0.00565. The van der Waals surface area contributed by atoms with E-state index in [0.29, 0.717) is 6.42 Å².